The fourth-order valence-electron chi connectivity index (χ4n) is 1.38. The molecule has 0 unspecified atom stereocenters. The van der Waals surface area contributed by atoms with Crippen LogP contribution in [0.25, 0.3) is 0 Å². The van der Waals surface area contributed by atoms with Crippen LogP contribution in [0, 0.1) is 5.82 Å². The largest absolute Gasteiger partial charge is 0.459 e. The van der Waals surface area contributed by atoms with Crippen LogP contribution in [0.15, 0.2) is 24.3 Å². The zero-order chi connectivity index (χ0) is 13.1. The minimum absolute atomic E-state index is 0.271. The molecule has 0 fully saturated rings. The Morgan fingerprint density at radius 3 is 2.65 bits per heavy atom. The van der Waals surface area contributed by atoms with E-state index in [0.29, 0.717) is 5.56 Å². The first-order chi connectivity index (χ1) is 7.78. The summed E-state index contributed by atoms with van der Waals surface area (Å²) in [6, 6.07) is 5.27. The van der Waals surface area contributed by atoms with Gasteiger partial charge >= 0.3 is 5.97 Å². The van der Waals surface area contributed by atoms with E-state index in [0.717, 1.165) is 0 Å². The van der Waals surface area contributed by atoms with E-state index in [1.165, 1.54) is 12.1 Å². The van der Waals surface area contributed by atoms with Gasteiger partial charge in [0.05, 0.1) is 0 Å². The molecule has 0 aromatic heterocycles. The number of carbonyl (C=O) groups excluding carboxylic acids is 1. The van der Waals surface area contributed by atoms with Crippen molar-refractivity contribution in [2.24, 2.45) is 5.73 Å². The molecule has 1 aromatic rings. The average molecular weight is 239 g/mol. The summed E-state index contributed by atoms with van der Waals surface area (Å²) >= 11 is 0. The molecule has 1 rings (SSSR count). The van der Waals surface area contributed by atoms with Crippen molar-refractivity contribution in [3.05, 3.63) is 35.6 Å². The van der Waals surface area contributed by atoms with Crippen molar-refractivity contribution in [3.63, 3.8) is 0 Å². The molecule has 0 amide bonds. The summed E-state index contributed by atoms with van der Waals surface area (Å²) in [4.78, 5) is 11.6. The number of halogens is 1. The van der Waals surface area contributed by atoms with Gasteiger partial charge in [-0.3, -0.25) is 4.79 Å². The molecule has 1 aromatic carbocycles. The second-order valence-electron chi connectivity index (χ2n) is 4.97. The number of rotatable bonds is 3. The molecule has 0 aliphatic rings. The van der Waals surface area contributed by atoms with E-state index in [1.807, 2.05) is 0 Å². The molecule has 0 aliphatic heterocycles. The van der Waals surface area contributed by atoms with Gasteiger partial charge in [0.1, 0.15) is 17.5 Å². The van der Waals surface area contributed by atoms with Crippen LogP contribution < -0.4 is 5.73 Å². The van der Waals surface area contributed by atoms with Crippen molar-refractivity contribution < 1.29 is 13.9 Å². The molecule has 3 nitrogen and oxygen atoms in total. The molecule has 0 bridgehead atoms. The van der Waals surface area contributed by atoms with E-state index in [-0.39, 0.29) is 12.2 Å². The molecule has 0 heterocycles. The monoisotopic (exact) mass is 239 g/mol. The van der Waals surface area contributed by atoms with Gasteiger partial charge in [-0.05, 0) is 44.9 Å². The SMILES string of the molecule is CC(C)(C)OC(=O)[C@@H](N)Cc1cccc(F)c1. The smallest absolute Gasteiger partial charge is 0.323 e. The number of hydrogen-bond donors (Lipinski definition) is 1. The topological polar surface area (TPSA) is 52.3 Å². The average Bonchev–Trinajstić information content (AvgIpc) is 2.14. The van der Waals surface area contributed by atoms with Gasteiger partial charge in [0.15, 0.2) is 0 Å². The van der Waals surface area contributed by atoms with E-state index >= 15 is 0 Å². The Bertz CT molecular complexity index is 399. The third-order valence-electron chi connectivity index (χ3n) is 2.05. The Kier molecular flexibility index (Phi) is 4.23. The summed E-state index contributed by atoms with van der Waals surface area (Å²) in [7, 11) is 0. The standard InChI is InChI=1S/C13H18FNO2/c1-13(2,3)17-12(16)11(15)8-9-5-4-6-10(14)7-9/h4-7,11H,8,15H2,1-3H3/t11-/m0/s1. The summed E-state index contributed by atoms with van der Waals surface area (Å²) in [5, 5.41) is 0. The molecule has 2 N–H and O–H groups in total. The van der Waals surface area contributed by atoms with Crippen LogP contribution in [0.1, 0.15) is 26.3 Å². The number of ether oxygens (including phenoxy) is 1. The number of hydrogen-bond acceptors (Lipinski definition) is 3. The van der Waals surface area contributed by atoms with Gasteiger partial charge in [0, 0.05) is 0 Å². The lowest BCUT2D eigenvalue weighted by Gasteiger charge is -2.22. The van der Waals surface area contributed by atoms with Gasteiger partial charge < -0.3 is 10.5 Å². The van der Waals surface area contributed by atoms with E-state index in [2.05, 4.69) is 0 Å². The Labute approximate surface area is 101 Å². The second kappa shape index (κ2) is 5.27. The lowest BCUT2D eigenvalue weighted by atomic mass is 10.1. The molecular weight excluding hydrogens is 221 g/mol. The lowest BCUT2D eigenvalue weighted by Crippen LogP contribution is -2.38. The van der Waals surface area contributed by atoms with E-state index in [1.54, 1.807) is 32.9 Å². The maximum absolute atomic E-state index is 12.9. The Hall–Kier alpha value is -1.42. The summed E-state index contributed by atoms with van der Waals surface area (Å²) < 4.78 is 18.1. The van der Waals surface area contributed by atoms with Crippen LogP contribution in [-0.2, 0) is 16.0 Å². The van der Waals surface area contributed by atoms with Crippen LogP contribution in [0.4, 0.5) is 4.39 Å². The minimum atomic E-state index is -0.768. The second-order valence-corrected chi connectivity index (χ2v) is 4.97. The fourth-order valence-corrected chi connectivity index (χ4v) is 1.38. The van der Waals surface area contributed by atoms with E-state index < -0.39 is 17.6 Å². The molecular formula is C13H18FNO2. The normalized spacial score (nSPS) is 13.2. The van der Waals surface area contributed by atoms with Crippen molar-refractivity contribution in [2.75, 3.05) is 0 Å². The first-order valence-electron chi connectivity index (χ1n) is 5.51. The third kappa shape index (κ3) is 4.95. The zero-order valence-corrected chi connectivity index (χ0v) is 10.4. The molecule has 17 heavy (non-hydrogen) atoms. The lowest BCUT2D eigenvalue weighted by molar-refractivity contribution is -0.156. The van der Waals surface area contributed by atoms with Gasteiger partial charge in [0.2, 0.25) is 0 Å². The molecule has 0 radical (unpaired) electrons. The fraction of sp³-hybridized carbons (Fsp3) is 0.462. The number of benzene rings is 1. The molecule has 1 atom stereocenters. The van der Waals surface area contributed by atoms with Crippen molar-refractivity contribution in [1.82, 2.24) is 0 Å². The molecule has 0 saturated heterocycles. The predicted molar refractivity (Wildman–Crippen MR) is 63.9 cm³/mol. The van der Waals surface area contributed by atoms with Crippen LogP contribution in [-0.4, -0.2) is 17.6 Å². The maximum Gasteiger partial charge on any atom is 0.323 e. The third-order valence-corrected chi connectivity index (χ3v) is 2.05. The van der Waals surface area contributed by atoms with Crippen LogP contribution in [0.5, 0.6) is 0 Å². The van der Waals surface area contributed by atoms with Gasteiger partial charge in [0.25, 0.3) is 0 Å². The van der Waals surface area contributed by atoms with Gasteiger partial charge in [-0.25, -0.2) is 4.39 Å². The number of nitrogens with two attached hydrogens (primary N) is 1. The summed E-state index contributed by atoms with van der Waals surface area (Å²) in [6.45, 7) is 5.33. The van der Waals surface area contributed by atoms with Crippen molar-refractivity contribution in [3.8, 4) is 0 Å². The predicted octanol–water partition coefficient (Wildman–Crippen LogP) is 2.04. The molecule has 4 heteroatoms. The van der Waals surface area contributed by atoms with E-state index in [4.69, 9.17) is 10.5 Å². The first-order valence-corrected chi connectivity index (χ1v) is 5.51. The van der Waals surface area contributed by atoms with Crippen LogP contribution in [0.3, 0.4) is 0 Å². The summed E-state index contributed by atoms with van der Waals surface area (Å²) in [5.41, 5.74) is 5.83. The molecule has 0 aliphatic carbocycles. The zero-order valence-electron chi connectivity index (χ0n) is 10.4. The Morgan fingerprint density at radius 2 is 2.12 bits per heavy atom. The molecule has 0 spiro atoms. The summed E-state index contributed by atoms with van der Waals surface area (Å²) in [6.07, 6.45) is 0.271. The molecule has 0 saturated carbocycles. The van der Waals surface area contributed by atoms with Crippen molar-refractivity contribution in [1.29, 1.82) is 0 Å². The van der Waals surface area contributed by atoms with Crippen molar-refractivity contribution >= 4 is 5.97 Å². The minimum Gasteiger partial charge on any atom is -0.459 e. The Morgan fingerprint density at radius 1 is 1.47 bits per heavy atom. The summed E-state index contributed by atoms with van der Waals surface area (Å²) in [5.74, 6) is -0.805. The highest BCUT2D eigenvalue weighted by molar-refractivity contribution is 5.76. The van der Waals surface area contributed by atoms with Gasteiger partial charge in [-0.1, -0.05) is 12.1 Å². The number of carbonyl (C=O) groups is 1. The number of esters is 1. The van der Waals surface area contributed by atoms with Crippen molar-refractivity contribution in [2.45, 2.75) is 38.8 Å². The van der Waals surface area contributed by atoms with Gasteiger partial charge in [-0.15, -0.1) is 0 Å². The quantitative estimate of drug-likeness (QED) is 0.821. The highest BCUT2D eigenvalue weighted by Crippen LogP contribution is 2.11. The van der Waals surface area contributed by atoms with Gasteiger partial charge in [-0.2, -0.15) is 0 Å². The maximum atomic E-state index is 12.9. The highest BCUT2D eigenvalue weighted by Gasteiger charge is 2.22. The Balaban J connectivity index is 2.60. The first kappa shape index (κ1) is 13.6. The highest BCUT2D eigenvalue weighted by atomic mass is 19.1. The van der Waals surface area contributed by atoms with Crippen LogP contribution >= 0.6 is 0 Å². The van der Waals surface area contributed by atoms with Crippen LogP contribution in [0.2, 0.25) is 0 Å². The van der Waals surface area contributed by atoms with E-state index in [9.17, 15) is 9.18 Å². The molecule has 94 valence electrons.